The van der Waals surface area contributed by atoms with E-state index in [1.807, 2.05) is 43.9 Å². The number of Topliss-reactive ketones (excluding diaryl/α,β-unsaturated/α-hetero) is 1. The van der Waals surface area contributed by atoms with Gasteiger partial charge in [0.15, 0.2) is 5.78 Å². The number of hydrogen-bond donors (Lipinski definition) is 0. The number of hydrogen-bond acceptors (Lipinski definition) is 3. The van der Waals surface area contributed by atoms with E-state index in [-0.39, 0.29) is 29.9 Å². The normalized spacial score (nSPS) is 25.3. The number of amides is 1. The van der Waals surface area contributed by atoms with E-state index in [1.165, 1.54) is 0 Å². The molecule has 2 unspecified atom stereocenters. The molecule has 2 bridgehead atoms. The summed E-state index contributed by atoms with van der Waals surface area (Å²) in [4.78, 5) is 27.6. The van der Waals surface area contributed by atoms with Crippen LogP contribution in [0.5, 0.6) is 0 Å². The zero-order valence-electron chi connectivity index (χ0n) is 15.8. The van der Waals surface area contributed by atoms with Gasteiger partial charge in [-0.05, 0) is 65.0 Å². The van der Waals surface area contributed by atoms with Gasteiger partial charge in [0.25, 0.3) is 0 Å². The van der Waals surface area contributed by atoms with E-state index in [9.17, 15) is 9.59 Å². The van der Waals surface area contributed by atoms with Gasteiger partial charge in [0, 0.05) is 29.1 Å². The number of ketones is 1. The highest BCUT2D eigenvalue weighted by Gasteiger charge is 2.44. The lowest BCUT2D eigenvalue weighted by Crippen LogP contribution is -2.56. The van der Waals surface area contributed by atoms with Crippen molar-refractivity contribution in [2.45, 2.75) is 70.6 Å². The number of ether oxygens (including phenoxy) is 1. The standard InChI is InChI=1S/C22H27NO3/c1-5-15-8-6-9-16(12-15)20(24)17-13-18-10-7-11-19(14-17)23(18)21(25)26-22(2,3)4/h1,6,8-9,12,17-19H,7,10-11,13-14H2,2-4H3. The number of nitrogens with zero attached hydrogens (tertiary/aromatic N) is 1. The minimum Gasteiger partial charge on any atom is -0.444 e. The van der Waals surface area contributed by atoms with Gasteiger partial charge in [-0.1, -0.05) is 18.1 Å². The van der Waals surface area contributed by atoms with E-state index < -0.39 is 5.60 Å². The van der Waals surface area contributed by atoms with E-state index >= 15 is 0 Å². The number of carbonyl (C=O) groups excluding carboxylic acids is 2. The Hall–Kier alpha value is -2.28. The highest BCUT2D eigenvalue weighted by atomic mass is 16.6. The van der Waals surface area contributed by atoms with Gasteiger partial charge >= 0.3 is 6.09 Å². The molecule has 0 aromatic heterocycles. The van der Waals surface area contributed by atoms with Gasteiger partial charge in [-0.25, -0.2) is 4.79 Å². The molecule has 2 saturated heterocycles. The fraction of sp³-hybridized carbons (Fsp3) is 0.545. The number of piperidine rings is 2. The molecular weight excluding hydrogens is 326 g/mol. The molecule has 0 N–H and O–H groups in total. The number of carbonyl (C=O) groups is 2. The lowest BCUT2D eigenvalue weighted by Gasteiger charge is -2.48. The Balaban J connectivity index is 1.76. The first-order chi connectivity index (χ1) is 12.3. The molecule has 138 valence electrons. The van der Waals surface area contributed by atoms with Crippen molar-refractivity contribution in [1.29, 1.82) is 0 Å². The number of fused-ring (bicyclic) bond motifs is 2. The molecule has 0 radical (unpaired) electrons. The molecule has 26 heavy (non-hydrogen) atoms. The molecule has 1 amide bonds. The summed E-state index contributed by atoms with van der Waals surface area (Å²) in [7, 11) is 0. The summed E-state index contributed by atoms with van der Waals surface area (Å²) in [6, 6.07) is 7.46. The van der Waals surface area contributed by atoms with Crippen LogP contribution in [0.2, 0.25) is 0 Å². The molecule has 0 saturated carbocycles. The van der Waals surface area contributed by atoms with Crippen LogP contribution in [0.15, 0.2) is 24.3 Å². The predicted molar refractivity (Wildman–Crippen MR) is 101 cm³/mol. The second-order valence-corrected chi connectivity index (χ2v) is 8.38. The summed E-state index contributed by atoms with van der Waals surface area (Å²) in [5.74, 6) is 2.67. The molecular formula is C22H27NO3. The Morgan fingerprint density at radius 1 is 1.19 bits per heavy atom. The van der Waals surface area contributed by atoms with Crippen LogP contribution in [0, 0.1) is 18.3 Å². The molecule has 1 aromatic rings. The molecule has 1 aromatic carbocycles. The first-order valence-electron chi connectivity index (χ1n) is 9.40. The summed E-state index contributed by atoms with van der Waals surface area (Å²) in [5.41, 5.74) is 0.893. The zero-order chi connectivity index (χ0) is 18.9. The largest absolute Gasteiger partial charge is 0.444 e. The van der Waals surface area contributed by atoms with Crippen LogP contribution in [0.25, 0.3) is 0 Å². The van der Waals surface area contributed by atoms with Crippen molar-refractivity contribution in [2.75, 3.05) is 0 Å². The van der Waals surface area contributed by atoms with Gasteiger partial charge in [0.2, 0.25) is 0 Å². The lowest BCUT2D eigenvalue weighted by molar-refractivity contribution is -0.0260. The van der Waals surface area contributed by atoms with E-state index in [4.69, 9.17) is 11.2 Å². The van der Waals surface area contributed by atoms with Gasteiger partial charge in [-0.2, -0.15) is 0 Å². The van der Waals surface area contributed by atoms with Crippen molar-refractivity contribution in [3.63, 3.8) is 0 Å². The van der Waals surface area contributed by atoms with Crippen molar-refractivity contribution >= 4 is 11.9 Å². The molecule has 2 aliphatic heterocycles. The van der Waals surface area contributed by atoms with E-state index in [1.54, 1.807) is 6.07 Å². The maximum Gasteiger partial charge on any atom is 0.410 e. The van der Waals surface area contributed by atoms with Gasteiger partial charge in [0.05, 0.1) is 0 Å². The minimum absolute atomic E-state index is 0.0583. The molecule has 2 aliphatic rings. The molecule has 0 spiro atoms. The Labute approximate surface area is 155 Å². The average Bonchev–Trinajstić information content (AvgIpc) is 2.58. The molecule has 2 heterocycles. The first kappa shape index (κ1) is 18.5. The van der Waals surface area contributed by atoms with Crippen LogP contribution in [0.3, 0.4) is 0 Å². The van der Waals surface area contributed by atoms with E-state index in [0.717, 1.165) is 24.8 Å². The van der Waals surface area contributed by atoms with Gasteiger partial charge in [-0.3, -0.25) is 4.79 Å². The van der Waals surface area contributed by atoms with Gasteiger partial charge in [0.1, 0.15) is 5.60 Å². The van der Waals surface area contributed by atoms with Crippen molar-refractivity contribution in [3.05, 3.63) is 35.4 Å². The molecule has 4 heteroatoms. The maximum atomic E-state index is 13.0. The first-order valence-corrected chi connectivity index (χ1v) is 9.40. The number of benzene rings is 1. The highest BCUT2D eigenvalue weighted by molar-refractivity contribution is 5.98. The summed E-state index contributed by atoms with van der Waals surface area (Å²) < 4.78 is 5.60. The van der Waals surface area contributed by atoms with Crippen LogP contribution >= 0.6 is 0 Å². The zero-order valence-corrected chi connectivity index (χ0v) is 15.8. The summed E-state index contributed by atoms with van der Waals surface area (Å²) in [6.45, 7) is 5.65. The Kier molecular flexibility index (Phi) is 5.09. The predicted octanol–water partition coefficient (Wildman–Crippen LogP) is 4.42. The fourth-order valence-corrected chi connectivity index (χ4v) is 4.21. The van der Waals surface area contributed by atoms with Crippen molar-refractivity contribution < 1.29 is 14.3 Å². The van der Waals surface area contributed by atoms with Crippen LogP contribution in [-0.4, -0.2) is 34.5 Å². The third kappa shape index (κ3) is 3.93. The number of rotatable bonds is 2. The van der Waals surface area contributed by atoms with Gasteiger partial charge < -0.3 is 9.64 Å². The van der Waals surface area contributed by atoms with Crippen LogP contribution in [0.1, 0.15) is 68.8 Å². The molecule has 0 aliphatic carbocycles. The van der Waals surface area contributed by atoms with E-state index in [2.05, 4.69) is 5.92 Å². The molecule has 4 nitrogen and oxygen atoms in total. The molecule has 3 rings (SSSR count). The monoisotopic (exact) mass is 353 g/mol. The maximum absolute atomic E-state index is 13.0. The quantitative estimate of drug-likeness (QED) is 0.584. The van der Waals surface area contributed by atoms with Crippen LogP contribution < -0.4 is 0 Å². The summed E-state index contributed by atoms with van der Waals surface area (Å²) in [6.07, 6.45) is 9.59. The summed E-state index contributed by atoms with van der Waals surface area (Å²) in [5, 5.41) is 0. The lowest BCUT2D eigenvalue weighted by atomic mass is 9.75. The SMILES string of the molecule is C#Cc1cccc(C(=O)C2CC3CCCC(C2)N3C(=O)OC(C)(C)C)c1. The third-order valence-electron chi connectivity index (χ3n) is 5.26. The minimum atomic E-state index is -0.506. The second kappa shape index (κ2) is 7.15. The van der Waals surface area contributed by atoms with Crippen molar-refractivity contribution in [1.82, 2.24) is 4.90 Å². The van der Waals surface area contributed by atoms with Crippen LogP contribution in [0.4, 0.5) is 4.79 Å². The summed E-state index contributed by atoms with van der Waals surface area (Å²) >= 11 is 0. The Morgan fingerprint density at radius 2 is 1.85 bits per heavy atom. The molecule has 2 atom stereocenters. The average molecular weight is 353 g/mol. The van der Waals surface area contributed by atoms with Crippen molar-refractivity contribution in [3.8, 4) is 12.3 Å². The van der Waals surface area contributed by atoms with Gasteiger partial charge in [-0.15, -0.1) is 6.42 Å². The highest BCUT2D eigenvalue weighted by Crippen LogP contribution is 2.39. The molecule has 2 fully saturated rings. The third-order valence-corrected chi connectivity index (χ3v) is 5.26. The number of terminal acetylenes is 1. The fourth-order valence-electron chi connectivity index (χ4n) is 4.21. The van der Waals surface area contributed by atoms with E-state index in [0.29, 0.717) is 18.4 Å². The Morgan fingerprint density at radius 3 is 2.42 bits per heavy atom. The second-order valence-electron chi connectivity index (χ2n) is 8.38. The topological polar surface area (TPSA) is 46.6 Å². The van der Waals surface area contributed by atoms with Crippen molar-refractivity contribution in [2.24, 2.45) is 5.92 Å². The Bertz CT molecular complexity index is 726. The van der Waals surface area contributed by atoms with Crippen LogP contribution in [-0.2, 0) is 4.74 Å². The smallest absolute Gasteiger partial charge is 0.410 e.